The maximum atomic E-state index is 12.0. The molecule has 4 heteroatoms. The van der Waals surface area contributed by atoms with Crippen LogP contribution in [0.15, 0.2) is 0 Å². The minimum Gasteiger partial charge on any atom is -0.344 e. The highest BCUT2D eigenvalue weighted by Gasteiger charge is 2.25. The lowest BCUT2D eigenvalue weighted by molar-refractivity contribution is -0.134. The fraction of sp³-hybridized carbons (Fsp3) is 0.857. The van der Waals surface area contributed by atoms with Gasteiger partial charge in [-0.3, -0.25) is 9.59 Å². The van der Waals surface area contributed by atoms with Gasteiger partial charge in [0, 0.05) is 20.0 Å². The quantitative estimate of drug-likeness (QED) is 0.738. The highest BCUT2D eigenvalue weighted by atomic mass is 16.2. The molecule has 18 heavy (non-hydrogen) atoms. The molecule has 0 spiro atoms. The molecule has 0 saturated carbocycles. The van der Waals surface area contributed by atoms with Crippen LogP contribution in [0.1, 0.15) is 58.3 Å². The lowest BCUT2D eigenvalue weighted by Crippen LogP contribution is -2.46. The molecule has 0 radical (unpaired) electrons. The minimum atomic E-state index is -0.295. The van der Waals surface area contributed by atoms with Crippen molar-refractivity contribution in [1.29, 1.82) is 0 Å². The van der Waals surface area contributed by atoms with Crippen LogP contribution >= 0.6 is 0 Å². The monoisotopic (exact) mass is 254 g/mol. The van der Waals surface area contributed by atoms with Gasteiger partial charge >= 0.3 is 0 Å². The van der Waals surface area contributed by atoms with Crippen LogP contribution in [0.25, 0.3) is 0 Å². The second-order valence-electron chi connectivity index (χ2n) is 5.19. The van der Waals surface area contributed by atoms with Crippen molar-refractivity contribution in [2.75, 3.05) is 13.6 Å². The first-order valence-electron chi connectivity index (χ1n) is 7.19. The van der Waals surface area contributed by atoms with Gasteiger partial charge in [0.05, 0.1) is 0 Å². The number of likely N-dealkylation sites (N-methyl/N-ethyl adjacent to an activating group) is 1. The van der Waals surface area contributed by atoms with Gasteiger partial charge in [-0.05, 0) is 25.7 Å². The minimum absolute atomic E-state index is 0.0275. The Kier molecular flexibility index (Phi) is 6.76. The molecule has 0 aromatic carbocycles. The zero-order chi connectivity index (χ0) is 13.4. The van der Waals surface area contributed by atoms with Gasteiger partial charge < -0.3 is 10.2 Å². The molecule has 1 unspecified atom stereocenters. The number of hydrogen-bond acceptors (Lipinski definition) is 2. The predicted molar refractivity (Wildman–Crippen MR) is 72.2 cm³/mol. The SMILES string of the molecule is CCCCCCC(=O)NC1CCCCN(C)C1=O. The van der Waals surface area contributed by atoms with E-state index in [1.165, 1.54) is 12.8 Å². The van der Waals surface area contributed by atoms with E-state index in [1.54, 1.807) is 4.90 Å². The molecule has 1 atom stereocenters. The summed E-state index contributed by atoms with van der Waals surface area (Å²) in [6, 6.07) is -0.295. The number of carbonyl (C=O) groups is 2. The predicted octanol–water partition coefficient (Wildman–Crippen LogP) is 2.08. The van der Waals surface area contributed by atoms with E-state index in [1.807, 2.05) is 7.05 Å². The topological polar surface area (TPSA) is 49.4 Å². The number of carbonyl (C=O) groups excluding carboxylic acids is 2. The van der Waals surface area contributed by atoms with Gasteiger partial charge in [0.1, 0.15) is 6.04 Å². The van der Waals surface area contributed by atoms with Crippen LogP contribution in [0.4, 0.5) is 0 Å². The Bertz CT molecular complexity index is 279. The van der Waals surface area contributed by atoms with E-state index in [2.05, 4.69) is 12.2 Å². The van der Waals surface area contributed by atoms with E-state index in [-0.39, 0.29) is 17.9 Å². The van der Waals surface area contributed by atoms with E-state index in [0.29, 0.717) is 6.42 Å². The van der Waals surface area contributed by atoms with Gasteiger partial charge in [0.25, 0.3) is 0 Å². The Balaban J connectivity index is 2.30. The van der Waals surface area contributed by atoms with E-state index >= 15 is 0 Å². The summed E-state index contributed by atoms with van der Waals surface area (Å²) >= 11 is 0. The summed E-state index contributed by atoms with van der Waals surface area (Å²) in [5, 5.41) is 2.89. The normalized spacial score (nSPS) is 20.7. The molecule has 0 aromatic rings. The number of likely N-dealkylation sites (tertiary alicyclic amines) is 1. The van der Waals surface area contributed by atoms with Crippen molar-refractivity contribution >= 4 is 11.8 Å². The molecule has 1 rings (SSSR count). The molecular weight excluding hydrogens is 228 g/mol. The Morgan fingerprint density at radius 1 is 1.33 bits per heavy atom. The maximum absolute atomic E-state index is 12.0. The summed E-state index contributed by atoms with van der Waals surface area (Å²) in [6.45, 7) is 2.96. The van der Waals surface area contributed by atoms with Crippen LogP contribution < -0.4 is 5.32 Å². The molecule has 0 aromatic heterocycles. The fourth-order valence-electron chi connectivity index (χ4n) is 2.31. The van der Waals surface area contributed by atoms with Gasteiger partial charge in [-0.1, -0.05) is 26.2 Å². The first-order valence-corrected chi connectivity index (χ1v) is 7.19. The average molecular weight is 254 g/mol. The lowest BCUT2D eigenvalue weighted by atomic mass is 10.1. The van der Waals surface area contributed by atoms with E-state index in [9.17, 15) is 9.59 Å². The second-order valence-corrected chi connectivity index (χ2v) is 5.19. The van der Waals surface area contributed by atoms with Gasteiger partial charge in [-0.15, -0.1) is 0 Å². The van der Waals surface area contributed by atoms with Crippen molar-refractivity contribution in [1.82, 2.24) is 10.2 Å². The smallest absolute Gasteiger partial charge is 0.244 e. The van der Waals surface area contributed by atoms with Crippen molar-refractivity contribution in [3.63, 3.8) is 0 Å². The molecular formula is C14H26N2O2. The van der Waals surface area contributed by atoms with E-state index in [0.717, 1.165) is 38.6 Å². The molecule has 1 aliphatic rings. The number of rotatable bonds is 6. The number of unbranched alkanes of at least 4 members (excludes halogenated alkanes) is 3. The first kappa shape index (κ1) is 15.0. The summed E-state index contributed by atoms with van der Waals surface area (Å²) in [7, 11) is 1.81. The summed E-state index contributed by atoms with van der Waals surface area (Å²) in [4.78, 5) is 25.5. The molecule has 4 nitrogen and oxygen atoms in total. The summed E-state index contributed by atoms with van der Waals surface area (Å²) in [5.74, 6) is 0.0918. The van der Waals surface area contributed by atoms with Gasteiger partial charge in [-0.2, -0.15) is 0 Å². The van der Waals surface area contributed by atoms with Crippen LogP contribution in [0.2, 0.25) is 0 Å². The number of nitrogens with zero attached hydrogens (tertiary/aromatic N) is 1. The summed E-state index contributed by atoms with van der Waals surface area (Å²) in [5.41, 5.74) is 0. The van der Waals surface area contributed by atoms with Crippen LogP contribution in [0.3, 0.4) is 0 Å². The Labute approximate surface area is 110 Å². The van der Waals surface area contributed by atoms with E-state index < -0.39 is 0 Å². The standard InChI is InChI=1S/C14H26N2O2/c1-3-4-5-6-10-13(17)15-12-9-7-8-11-16(2)14(12)18/h12H,3-11H2,1-2H3,(H,15,17). The van der Waals surface area contributed by atoms with E-state index in [4.69, 9.17) is 0 Å². The van der Waals surface area contributed by atoms with Crippen LogP contribution in [-0.2, 0) is 9.59 Å². The maximum Gasteiger partial charge on any atom is 0.244 e. The average Bonchev–Trinajstić information content (AvgIpc) is 2.50. The van der Waals surface area contributed by atoms with Crippen LogP contribution in [0, 0.1) is 0 Å². The summed E-state index contributed by atoms with van der Waals surface area (Å²) in [6.07, 6.45) is 7.75. The molecule has 1 saturated heterocycles. The molecule has 1 heterocycles. The van der Waals surface area contributed by atoms with Crippen molar-refractivity contribution in [2.45, 2.75) is 64.3 Å². The third-order valence-corrected chi connectivity index (χ3v) is 3.50. The number of nitrogens with one attached hydrogen (secondary N) is 1. The zero-order valence-electron chi connectivity index (χ0n) is 11.7. The van der Waals surface area contributed by atoms with Crippen molar-refractivity contribution < 1.29 is 9.59 Å². The second kappa shape index (κ2) is 8.11. The van der Waals surface area contributed by atoms with Crippen molar-refractivity contribution in [2.24, 2.45) is 0 Å². The molecule has 1 aliphatic heterocycles. The van der Waals surface area contributed by atoms with Gasteiger partial charge in [0.2, 0.25) is 11.8 Å². The molecule has 0 bridgehead atoms. The molecule has 1 fully saturated rings. The van der Waals surface area contributed by atoms with Crippen molar-refractivity contribution in [3.8, 4) is 0 Å². The third-order valence-electron chi connectivity index (χ3n) is 3.50. The first-order chi connectivity index (χ1) is 8.65. The summed E-state index contributed by atoms with van der Waals surface area (Å²) < 4.78 is 0. The van der Waals surface area contributed by atoms with Gasteiger partial charge in [0.15, 0.2) is 0 Å². The zero-order valence-corrected chi connectivity index (χ0v) is 11.7. The number of hydrogen-bond donors (Lipinski definition) is 1. The molecule has 2 amide bonds. The third kappa shape index (κ3) is 5.07. The number of amides is 2. The van der Waals surface area contributed by atoms with Crippen molar-refractivity contribution in [3.05, 3.63) is 0 Å². The van der Waals surface area contributed by atoms with Crippen LogP contribution in [-0.4, -0.2) is 36.3 Å². The van der Waals surface area contributed by atoms with Gasteiger partial charge in [-0.25, -0.2) is 0 Å². The lowest BCUT2D eigenvalue weighted by Gasteiger charge is -2.20. The molecule has 104 valence electrons. The highest BCUT2D eigenvalue weighted by Crippen LogP contribution is 2.11. The Hall–Kier alpha value is -1.06. The Morgan fingerprint density at radius 3 is 2.83 bits per heavy atom. The fourth-order valence-corrected chi connectivity index (χ4v) is 2.31. The molecule has 1 N–H and O–H groups in total. The molecule has 0 aliphatic carbocycles. The Morgan fingerprint density at radius 2 is 2.11 bits per heavy atom. The van der Waals surface area contributed by atoms with Crippen LogP contribution in [0.5, 0.6) is 0 Å². The highest BCUT2D eigenvalue weighted by molar-refractivity contribution is 5.87. The largest absolute Gasteiger partial charge is 0.344 e.